The van der Waals surface area contributed by atoms with Gasteiger partial charge in [-0.25, -0.2) is 9.78 Å². The first-order valence-corrected chi connectivity index (χ1v) is 4.49. The van der Waals surface area contributed by atoms with Crippen molar-refractivity contribution in [2.45, 2.75) is 6.42 Å². The lowest BCUT2D eigenvalue weighted by Crippen LogP contribution is -2.03. The van der Waals surface area contributed by atoms with Crippen LogP contribution in [0.1, 0.15) is 15.9 Å². The molecular weight excluding hydrogens is 212 g/mol. The van der Waals surface area contributed by atoms with Gasteiger partial charge in [-0.1, -0.05) is 6.07 Å². The summed E-state index contributed by atoms with van der Waals surface area (Å²) in [5.74, 6) is -2.05. The number of carboxylic acid groups (broad SMARTS) is 2. The number of aromatic amines is 1. The van der Waals surface area contributed by atoms with Gasteiger partial charge in [-0.3, -0.25) is 4.79 Å². The molecule has 0 amide bonds. The Morgan fingerprint density at radius 3 is 2.69 bits per heavy atom. The van der Waals surface area contributed by atoms with Gasteiger partial charge in [0.05, 0.1) is 29.3 Å². The summed E-state index contributed by atoms with van der Waals surface area (Å²) in [4.78, 5) is 28.1. The van der Waals surface area contributed by atoms with Crippen LogP contribution in [0.15, 0.2) is 18.5 Å². The van der Waals surface area contributed by atoms with E-state index in [4.69, 9.17) is 10.2 Å². The maximum Gasteiger partial charge on any atom is 0.337 e. The van der Waals surface area contributed by atoms with E-state index < -0.39 is 11.9 Å². The number of aromatic carboxylic acids is 1. The number of carbonyl (C=O) groups is 2. The fourth-order valence-electron chi connectivity index (χ4n) is 1.57. The van der Waals surface area contributed by atoms with Crippen LogP contribution in [0.2, 0.25) is 0 Å². The molecule has 2 rings (SSSR count). The Morgan fingerprint density at radius 1 is 1.31 bits per heavy atom. The van der Waals surface area contributed by atoms with E-state index >= 15 is 0 Å². The van der Waals surface area contributed by atoms with Crippen molar-refractivity contribution in [1.29, 1.82) is 0 Å². The van der Waals surface area contributed by atoms with Crippen LogP contribution in [-0.2, 0) is 11.2 Å². The summed E-state index contributed by atoms with van der Waals surface area (Å²) in [7, 11) is 0. The van der Waals surface area contributed by atoms with Gasteiger partial charge in [0.15, 0.2) is 0 Å². The smallest absolute Gasteiger partial charge is 0.337 e. The number of H-pyrrole nitrogens is 1. The van der Waals surface area contributed by atoms with E-state index in [0.717, 1.165) is 0 Å². The number of hydrogen-bond donors (Lipinski definition) is 3. The molecule has 1 aromatic heterocycles. The van der Waals surface area contributed by atoms with E-state index in [1.807, 2.05) is 0 Å². The Bertz CT molecular complexity index is 573. The topological polar surface area (TPSA) is 103 Å². The summed E-state index contributed by atoms with van der Waals surface area (Å²) >= 11 is 0. The van der Waals surface area contributed by atoms with Crippen molar-refractivity contribution in [2.24, 2.45) is 0 Å². The van der Waals surface area contributed by atoms with Crippen LogP contribution >= 0.6 is 0 Å². The number of nitrogens with zero attached hydrogens (tertiary/aromatic N) is 1. The second kappa shape index (κ2) is 3.65. The Balaban J connectivity index is 2.63. The van der Waals surface area contributed by atoms with Crippen LogP contribution in [0.3, 0.4) is 0 Å². The van der Waals surface area contributed by atoms with Gasteiger partial charge < -0.3 is 15.2 Å². The predicted molar refractivity (Wildman–Crippen MR) is 54.4 cm³/mol. The molecule has 1 aromatic carbocycles. The minimum absolute atomic E-state index is 0.0849. The molecule has 0 aliphatic rings. The summed E-state index contributed by atoms with van der Waals surface area (Å²) < 4.78 is 0. The molecule has 2 aromatic rings. The van der Waals surface area contributed by atoms with Crippen LogP contribution in [-0.4, -0.2) is 32.1 Å². The molecule has 0 fully saturated rings. The lowest BCUT2D eigenvalue weighted by molar-refractivity contribution is -0.136. The number of rotatable bonds is 3. The van der Waals surface area contributed by atoms with E-state index in [1.54, 1.807) is 0 Å². The molecule has 1 heterocycles. The molecule has 0 bridgehead atoms. The first-order chi connectivity index (χ1) is 7.59. The Hall–Kier alpha value is -2.37. The molecule has 6 nitrogen and oxygen atoms in total. The molecule has 0 spiro atoms. The van der Waals surface area contributed by atoms with Crippen LogP contribution in [0.25, 0.3) is 11.0 Å². The van der Waals surface area contributed by atoms with E-state index in [2.05, 4.69) is 9.97 Å². The number of nitrogens with one attached hydrogen (secondary N) is 1. The molecular formula is C10H8N2O4. The number of aromatic nitrogens is 2. The normalized spacial score (nSPS) is 10.5. The summed E-state index contributed by atoms with van der Waals surface area (Å²) in [5.41, 5.74) is 1.32. The minimum Gasteiger partial charge on any atom is -0.481 e. The number of carboxylic acids is 2. The van der Waals surface area contributed by atoms with E-state index in [9.17, 15) is 9.59 Å². The zero-order chi connectivity index (χ0) is 11.7. The average molecular weight is 220 g/mol. The predicted octanol–water partition coefficient (Wildman–Crippen LogP) is 0.888. The highest BCUT2D eigenvalue weighted by Crippen LogP contribution is 2.20. The Morgan fingerprint density at radius 2 is 2.06 bits per heavy atom. The molecule has 0 atom stereocenters. The molecule has 0 unspecified atom stereocenters. The first kappa shape index (κ1) is 10.2. The largest absolute Gasteiger partial charge is 0.481 e. The SMILES string of the molecule is O=C(O)Cc1ccc(C(=O)O)c2[nH]cnc12. The summed E-state index contributed by atoms with van der Waals surface area (Å²) in [6, 6.07) is 2.85. The lowest BCUT2D eigenvalue weighted by atomic mass is 10.1. The molecule has 0 saturated heterocycles. The number of fused-ring (bicyclic) bond motifs is 1. The molecule has 0 saturated carbocycles. The number of imidazole rings is 1. The van der Waals surface area contributed by atoms with Crippen molar-refractivity contribution in [2.75, 3.05) is 0 Å². The van der Waals surface area contributed by atoms with Gasteiger partial charge in [0.25, 0.3) is 0 Å². The molecule has 82 valence electrons. The third-order valence-electron chi connectivity index (χ3n) is 2.24. The fraction of sp³-hybridized carbons (Fsp3) is 0.100. The highest BCUT2D eigenvalue weighted by molar-refractivity contribution is 6.02. The van der Waals surface area contributed by atoms with E-state index in [1.165, 1.54) is 18.5 Å². The van der Waals surface area contributed by atoms with E-state index in [0.29, 0.717) is 16.6 Å². The zero-order valence-electron chi connectivity index (χ0n) is 8.10. The molecule has 0 aliphatic carbocycles. The van der Waals surface area contributed by atoms with Gasteiger partial charge in [-0.2, -0.15) is 0 Å². The van der Waals surface area contributed by atoms with Crippen molar-refractivity contribution >= 4 is 23.0 Å². The van der Waals surface area contributed by atoms with E-state index in [-0.39, 0.29) is 12.0 Å². The number of hydrogen-bond acceptors (Lipinski definition) is 3. The maximum absolute atomic E-state index is 10.9. The molecule has 0 radical (unpaired) electrons. The second-order valence-electron chi connectivity index (χ2n) is 3.27. The summed E-state index contributed by atoms with van der Waals surface area (Å²) in [6.45, 7) is 0. The van der Waals surface area contributed by atoms with Gasteiger partial charge in [0.1, 0.15) is 0 Å². The van der Waals surface area contributed by atoms with Gasteiger partial charge in [-0.05, 0) is 11.6 Å². The van der Waals surface area contributed by atoms with Crippen molar-refractivity contribution < 1.29 is 19.8 Å². The maximum atomic E-state index is 10.9. The number of aliphatic carboxylic acids is 1. The summed E-state index contributed by atoms with van der Waals surface area (Å²) in [6.07, 6.45) is 1.17. The Kier molecular flexibility index (Phi) is 2.32. The Labute approximate surface area is 89.5 Å². The monoisotopic (exact) mass is 220 g/mol. The van der Waals surface area contributed by atoms with Gasteiger partial charge in [-0.15, -0.1) is 0 Å². The van der Waals surface area contributed by atoms with Crippen LogP contribution in [0, 0.1) is 0 Å². The van der Waals surface area contributed by atoms with Crippen LogP contribution in [0.5, 0.6) is 0 Å². The summed E-state index contributed by atoms with van der Waals surface area (Å²) in [5, 5.41) is 17.6. The van der Waals surface area contributed by atoms with Crippen LogP contribution < -0.4 is 0 Å². The van der Waals surface area contributed by atoms with Crippen molar-refractivity contribution in [3.05, 3.63) is 29.6 Å². The highest BCUT2D eigenvalue weighted by atomic mass is 16.4. The average Bonchev–Trinajstić information content (AvgIpc) is 2.65. The third-order valence-corrected chi connectivity index (χ3v) is 2.24. The number of benzene rings is 1. The van der Waals surface area contributed by atoms with Gasteiger partial charge >= 0.3 is 11.9 Å². The van der Waals surface area contributed by atoms with Crippen LogP contribution in [0.4, 0.5) is 0 Å². The van der Waals surface area contributed by atoms with Gasteiger partial charge in [0, 0.05) is 0 Å². The third kappa shape index (κ3) is 1.60. The van der Waals surface area contributed by atoms with Crippen molar-refractivity contribution in [3.8, 4) is 0 Å². The van der Waals surface area contributed by atoms with Crippen molar-refractivity contribution in [1.82, 2.24) is 9.97 Å². The fourth-order valence-corrected chi connectivity index (χ4v) is 1.57. The first-order valence-electron chi connectivity index (χ1n) is 4.49. The highest BCUT2D eigenvalue weighted by Gasteiger charge is 2.14. The van der Waals surface area contributed by atoms with Gasteiger partial charge in [0.2, 0.25) is 0 Å². The zero-order valence-corrected chi connectivity index (χ0v) is 8.10. The minimum atomic E-state index is -1.07. The molecule has 3 N–H and O–H groups in total. The quantitative estimate of drug-likeness (QED) is 0.712. The molecule has 0 aliphatic heterocycles. The standard InChI is InChI=1S/C10H8N2O4/c13-7(14)3-5-1-2-6(10(15)16)9-8(5)11-4-12-9/h1-2,4H,3H2,(H,11,12)(H,13,14)(H,15,16). The second-order valence-corrected chi connectivity index (χ2v) is 3.27. The van der Waals surface area contributed by atoms with Crippen molar-refractivity contribution in [3.63, 3.8) is 0 Å². The lowest BCUT2D eigenvalue weighted by Gasteiger charge is -2.01. The molecule has 16 heavy (non-hydrogen) atoms. The molecule has 6 heteroatoms.